The van der Waals surface area contributed by atoms with Gasteiger partial charge in [0.2, 0.25) is 15.9 Å². The highest BCUT2D eigenvalue weighted by atomic mass is 32.2. The molecule has 166 valence electrons. The maximum Gasteiger partial charge on any atom is 0.251 e. The van der Waals surface area contributed by atoms with Gasteiger partial charge in [0.25, 0.3) is 5.56 Å². The Balaban J connectivity index is 1.47. The number of H-pyrrole nitrogens is 1. The van der Waals surface area contributed by atoms with E-state index in [2.05, 4.69) is 4.98 Å². The lowest BCUT2D eigenvalue weighted by molar-refractivity contribution is -0.133. The fourth-order valence-corrected chi connectivity index (χ4v) is 5.94. The third kappa shape index (κ3) is 4.46. The van der Waals surface area contributed by atoms with Crippen LogP contribution in [0.5, 0.6) is 0 Å². The number of carbonyl (C=O) groups excluding carboxylic acids is 1. The van der Waals surface area contributed by atoms with E-state index in [9.17, 15) is 18.0 Å². The molecule has 2 aliphatic heterocycles. The monoisotopic (exact) mass is 436 g/mol. The molecule has 0 radical (unpaired) electrons. The Hall–Kier alpha value is -1.74. The second-order valence-electron chi connectivity index (χ2n) is 9.22. The standard InChI is InChI=1S/C21H32N4O4S/c1-14(2)30(28,29)25-9-3-4-17(13-25)18-12-19(26)23-20(22-18)15-7-10-24(11-8-15)21(27)16-5-6-16/h12,14-17H,3-11,13H2,1-2H3,(H,22,23,26). The van der Waals surface area contributed by atoms with Crippen molar-refractivity contribution in [2.75, 3.05) is 26.2 Å². The lowest BCUT2D eigenvalue weighted by Gasteiger charge is -2.34. The number of carbonyl (C=O) groups is 1. The molecule has 3 heterocycles. The predicted octanol–water partition coefficient (Wildman–Crippen LogP) is 1.80. The number of hydrogen-bond acceptors (Lipinski definition) is 5. The number of nitrogens with zero attached hydrogens (tertiary/aromatic N) is 3. The van der Waals surface area contributed by atoms with Gasteiger partial charge >= 0.3 is 0 Å². The van der Waals surface area contributed by atoms with Crippen LogP contribution < -0.4 is 5.56 Å². The van der Waals surface area contributed by atoms with E-state index in [4.69, 9.17) is 4.98 Å². The molecule has 30 heavy (non-hydrogen) atoms. The Labute approximate surface area is 178 Å². The topological polar surface area (TPSA) is 103 Å². The fourth-order valence-electron chi connectivity index (χ4n) is 4.57. The van der Waals surface area contributed by atoms with E-state index in [-0.39, 0.29) is 29.2 Å². The van der Waals surface area contributed by atoms with Crippen molar-refractivity contribution in [2.24, 2.45) is 5.92 Å². The smallest absolute Gasteiger partial charge is 0.251 e. The Kier molecular flexibility index (Phi) is 6.03. The first-order valence-electron chi connectivity index (χ1n) is 11.1. The summed E-state index contributed by atoms with van der Waals surface area (Å²) in [4.78, 5) is 34.3. The van der Waals surface area contributed by atoms with E-state index in [0.29, 0.717) is 37.7 Å². The second kappa shape index (κ2) is 8.42. The summed E-state index contributed by atoms with van der Waals surface area (Å²) in [6.07, 6.45) is 5.21. The molecule has 1 amide bonds. The first-order chi connectivity index (χ1) is 14.3. The van der Waals surface area contributed by atoms with Crippen LogP contribution in [0.3, 0.4) is 0 Å². The third-order valence-electron chi connectivity index (χ3n) is 6.66. The second-order valence-corrected chi connectivity index (χ2v) is 11.7. The zero-order valence-corrected chi connectivity index (χ0v) is 18.7. The van der Waals surface area contributed by atoms with E-state index < -0.39 is 15.3 Å². The van der Waals surface area contributed by atoms with Crippen LogP contribution in [0.15, 0.2) is 10.9 Å². The highest BCUT2D eigenvalue weighted by Gasteiger charge is 2.36. The molecule has 1 aromatic rings. The Morgan fingerprint density at radius 1 is 1.10 bits per heavy atom. The van der Waals surface area contributed by atoms with E-state index in [1.54, 1.807) is 18.2 Å². The summed E-state index contributed by atoms with van der Waals surface area (Å²) in [6.45, 7) is 5.71. The predicted molar refractivity (Wildman–Crippen MR) is 114 cm³/mol. The van der Waals surface area contributed by atoms with Crippen LogP contribution in [-0.4, -0.2) is 64.9 Å². The molecule has 1 atom stereocenters. The summed E-state index contributed by atoms with van der Waals surface area (Å²) in [5.74, 6) is 1.25. The number of rotatable bonds is 5. The highest BCUT2D eigenvalue weighted by Crippen LogP contribution is 2.34. The fraction of sp³-hybridized carbons (Fsp3) is 0.762. The normalized spacial score (nSPS) is 24.4. The molecule has 1 aromatic heterocycles. The molecule has 1 saturated carbocycles. The number of aromatic nitrogens is 2. The molecule has 2 saturated heterocycles. The summed E-state index contributed by atoms with van der Waals surface area (Å²) >= 11 is 0. The molecular weight excluding hydrogens is 404 g/mol. The lowest BCUT2D eigenvalue weighted by Crippen LogP contribution is -2.43. The average Bonchev–Trinajstić information content (AvgIpc) is 3.58. The molecule has 0 bridgehead atoms. The molecule has 1 aliphatic carbocycles. The number of likely N-dealkylation sites (tertiary alicyclic amines) is 1. The Morgan fingerprint density at radius 3 is 2.43 bits per heavy atom. The van der Waals surface area contributed by atoms with Gasteiger partial charge in [-0.25, -0.2) is 17.7 Å². The summed E-state index contributed by atoms with van der Waals surface area (Å²) in [7, 11) is -3.32. The van der Waals surface area contributed by atoms with Crippen LogP contribution in [0.2, 0.25) is 0 Å². The maximum absolute atomic E-state index is 12.6. The summed E-state index contributed by atoms with van der Waals surface area (Å²) in [5, 5.41) is -0.456. The molecule has 8 nitrogen and oxygen atoms in total. The zero-order valence-electron chi connectivity index (χ0n) is 17.8. The van der Waals surface area contributed by atoms with Crippen LogP contribution in [0.4, 0.5) is 0 Å². The number of amides is 1. The molecule has 3 fully saturated rings. The van der Waals surface area contributed by atoms with Crippen LogP contribution >= 0.6 is 0 Å². The van der Waals surface area contributed by atoms with Gasteiger partial charge in [0, 0.05) is 50.0 Å². The van der Waals surface area contributed by atoms with Gasteiger partial charge in [0.05, 0.1) is 10.9 Å². The van der Waals surface area contributed by atoms with Crippen molar-refractivity contribution in [1.82, 2.24) is 19.2 Å². The van der Waals surface area contributed by atoms with Crippen LogP contribution in [0, 0.1) is 5.92 Å². The van der Waals surface area contributed by atoms with Crippen molar-refractivity contribution in [3.63, 3.8) is 0 Å². The van der Waals surface area contributed by atoms with Gasteiger partial charge < -0.3 is 9.88 Å². The van der Waals surface area contributed by atoms with Crippen molar-refractivity contribution in [3.8, 4) is 0 Å². The number of piperidine rings is 2. The van der Waals surface area contributed by atoms with Gasteiger partial charge in [0.1, 0.15) is 5.82 Å². The molecule has 4 rings (SSSR count). The maximum atomic E-state index is 12.6. The minimum Gasteiger partial charge on any atom is -0.342 e. The van der Waals surface area contributed by atoms with Crippen molar-refractivity contribution in [2.45, 2.75) is 69.5 Å². The molecule has 9 heteroatoms. The minimum absolute atomic E-state index is 0.0649. The molecule has 3 aliphatic rings. The van der Waals surface area contributed by atoms with E-state index in [0.717, 1.165) is 38.5 Å². The summed E-state index contributed by atoms with van der Waals surface area (Å²) in [5.41, 5.74) is 0.504. The molecule has 1 N–H and O–H groups in total. The van der Waals surface area contributed by atoms with Crippen molar-refractivity contribution < 1.29 is 13.2 Å². The van der Waals surface area contributed by atoms with Crippen LogP contribution in [-0.2, 0) is 14.8 Å². The van der Waals surface area contributed by atoms with Crippen molar-refractivity contribution in [3.05, 3.63) is 27.9 Å². The number of aromatic amines is 1. The van der Waals surface area contributed by atoms with Crippen LogP contribution in [0.1, 0.15) is 75.7 Å². The summed E-state index contributed by atoms with van der Waals surface area (Å²) < 4.78 is 26.7. The first-order valence-corrected chi connectivity index (χ1v) is 12.6. The average molecular weight is 437 g/mol. The Bertz CT molecular complexity index is 946. The van der Waals surface area contributed by atoms with Gasteiger partial charge in [0.15, 0.2) is 0 Å². The van der Waals surface area contributed by atoms with E-state index in [1.165, 1.54) is 6.07 Å². The largest absolute Gasteiger partial charge is 0.342 e. The lowest BCUT2D eigenvalue weighted by atomic mass is 9.93. The van der Waals surface area contributed by atoms with Gasteiger partial charge in [-0.1, -0.05) is 0 Å². The molecule has 0 spiro atoms. The zero-order chi connectivity index (χ0) is 21.5. The highest BCUT2D eigenvalue weighted by molar-refractivity contribution is 7.89. The number of hydrogen-bond donors (Lipinski definition) is 1. The molecule has 0 aromatic carbocycles. The molecule has 1 unspecified atom stereocenters. The van der Waals surface area contributed by atoms with Gasteiger partial charge in [-0.05, 0) is 52.4 Å². The van der Waals surface area contributed by atoms with Gasteiger partial charge in [-0.3, -0.25) is 9.59 Å². The number of sulfonamides is 1. The third-order valence-corrected chi connectivity index (χ3v) is 8.90. The van der Waals surface area contributed by atoms with Gasteiger partial charge in [-0.2, -0.15) is 0 Å². The molecular formula is C21H32N4O4S. The number of nitrogens with one attached hydrogen (secondary N) is 1. The van der Waals surface area contributed by atoms with Crippen LogP contribution in [0.25, 0.3) is 0 Å². The first kappa shape index (κ1) is 21.5. The van der Waals surface area contributed by atoms with Crippen molar-refractivity contribution >= 4 is 15.9 Å². The Morgan fingerprint density at radius 2 is 1.80 bits per heavy atom. The SMILES string of the molecule is CC(C)S(=O)(=O)N1CCCC(c2cc(=O)[nH]c(C3CCN(C(=O)C4CC4)CC3)n2)C1. The van der Waals surface area contributed by atoms with Crippen molar-refractivity contribution in [1.29, 1.82) is 0 Å². The van der Waals surface area contributed by atoms with Gasteiger partial charge in [-0.15, -0.1) is 0 Å². The minimum atomic E-state index is -3.32. The van der Waals surface area contributed by atoms with E-state index in [1.807, 2.05) is 4.90 Å². The summed E-state index contributed by atoms with van der Waals surface area (Å²) in [6, 6.07) is 1.52. The van der Waals surface area contributed by atoms with E-state index >= 15 is 0 Å². The quantitative estimate of drug-likeness (QED) is 0.758.